The molecule has 4 heteroatoms. The van der Waals surface area contributed by atoms with Crippen LogP contribution in [0.5, 0.6) is 0 Å². The largest absolute Gasteiger partial charge is 0.311 e. The van der Waals surface area contributed by atoms with Gasteiger partial charge < -0.3 is 14.7 Å². The minimum absolute atomic E-state index is 0.182. The fraction of sp³-hybridized carbons (Fsp3) is 0.125. The van der Waals surface area contributed by atoms with Crippen LogP contribution in [0.4, 0.5) is 51.2 Å². The Morgan fingerprint density at radius 3 is 1.00 bits per heavy atom. The highest BCUT2D eigenvalue weighted by Crippen LogP contribution is 2.53. The Morgan fingerprint density at radius 1 is 0.321 bits per heavy atom. The summed E-state index contributed by atoms with van der Waals surface area (Å²) in [6.07, 6.45) is 11.9. The highest BCUT2D eigenvalue weighted by Gasteiger charge is 2.48. The van der Waals surface area contributed by atoms with Gasteiger partial charge in [-0.05, 0) is 186 Å². The summed E-state index contributed by atoms with van der Waals surface area (Å²) >= 11 is 0. The van der Waals surface area contributed by atoms with Gasteiger partial charge in [-0.15, -0.1) is 0 Å². The van der Waals surface area contributed by atoms with Crippen molar-refractivity contribution in [2.24, 2.45) is 0 Å². The minimum atomic E-state index is -2.07. The quantitative estimate of drug-likeness (QED) is 0.0944. The highest BCUT2D eigenvalue weighted by molar-refractivity contribution is 7.05. The van der Waals surface area contributed by atoms with Crippen LogP contribution < -0.4 is 25.1 Å². The first kappa shape index (κ1) is 51.4. The average molecular weight is 1100 g/mol. The van der Waals surface area contributed by atoms with Crippen LogP contribution in [0.1, 0.15) is 85.0 Å². The summed E-state index contributed by atoms with van der Waals surface area (Å²) in [4.78, 5) is 7.32. The van der Waals surface area contributed by atoms with Gasteiger partial charge in [0.05, 0.1) is 0 Å². The molecule has 0 aromatic heterocycles. The zero-order valence-corrected chi connectivity index (χ0v) is 49.3. The van der Waals surface area contributed by atoms with Crippen molar-refractivity contribution in [2.75, 3.05) is 14.7 Å². The van der Waals surface area contributed by atoms with Crippen LogP contribution in [0, 0.1) is 0 Å². The number of para-hydroxylation sites is 5. The summed E-state index contributed by atoms with van der Waals surface area (Å²) in [7, 11) is -2.07. The Balaban J connectivity index is 0.737. The van der Waals surface area contributed by atoms with Crippen molar-refractivity contribution in [3.8, 4) is 22.3 Å². The molecule has 15 rings (SSSR count). The first-order valence-electron chi connectivity index (χ1n) is 30.0. The number of nitrogens with zero attached hydrogens (tertiary/aromatic N) is 3. The van der Waals surface area contributed by atoms with E-state index in [9.17, 15) is 0 Å². The van der Waals surface area contributed by atoms with E-state index >= 15 is 0 Å². The molecule has 0 atom stereocenters. The third-order valence-electron chi connectivity index (χ3n) is 18.9. The lowest BCUT2D eigenvalue weighted by Gasteiger charge is -2.43. The maximum Gasteiger partial charge on any atom is 0.123 e. The van der Waals surface area contributed by atoms with Crippen LogP contribution in [0.15, 0.2) is 261 Å². The molecule has 2 aliphatic heterocycles. The summed E-state index contributed by atoms with van der Waals surface area (Å²) in [6.45, 7) is 9.56. The second kappa shape index (κ2) is 20.4. The molecule has 0 radical (unpaired) electrons. The topological polar surface area (TPSA) is 9.72 Å². The van der Waals surface area contributed by atoms with E-state index in [1.807, 2.05) is 0 Å². The Labute approximate surface area is 496 Å². The van der Waals surface area contributed by atoms with Gasteiger partial charge in [-0.1, -0.05) is 229 Å². The van der Waals surface area contributed by atoms with Crippen molar-refractivity contribution in [1.82, 2.24) is 0 Å². The molecular weight excluding hydrogens is 1030 g/mol. The van der Waals surface area contributed by atoms with Crippen molar-refractivity contribution >= 4 is 93.9 Å². The zero-order chi connectivity index (χ0) is 56.6. The smallest absolute Gasteiger partial charge is 0.123 e. The van der Waals surface area contributed by atoms with E-state index in [0.29, 0.717) is 0 Å². The molecule has 0 unspecified atom stereocenters. The van der Waals surface area contributed by atoms with Gasteiger partial charge in [0.2, 0.25) is 0 Å². The van der Waals surface area contributed by atoms with Crippen molar-refractivity contribution < 1.29 is 0 Å². The van der Waals surface area contributed by atoms with Crippen LogP contribution >= 0.6 is 0 Å². The SMILES string of the molecule is CC1(C)c2cc(/C=C/c3ccc4c(c3)N(c3ccccc3)c3cc(/C=C/c5ccc6c(c5)C(C)(C)c5cc(N(c7ccccc7)c7ccccc7)ccc5-6)ccc3[Si]43CCCC3)ccc2-c2ccc(N(c3ccccc3)c3ccccc3)cc21. The van der Waals surface area contributed by atoms with E-state index in [1.54, 1.807) is 10.4 Å². The van der Waals surface area contributed by atoms with E-state index in [2.05, 4.69) is 328 Å². The second-order valence-electron chi connectivity index (χ2n) is 24.5. The maximum atomic E-state index is 2.58. The van der Waals surface area contributed by atoms with Gasteiger partial charge in [0.25, 0.3) is 0 Å². The average Bonchev–Trinajstić information content (AvgIpc) is 1.39. The van der Waals surface area contributed by atoms with E-state index in [4.69, 9.17) is 0 Å². The fourth-order valence-corrected chi connectivity index (χ4v) is 20.2. The molecule has 1 spiro atoms. The van der Waals surface area contributed by atoms with E-state index in [1.165, 1.54) is 120 Å². The fourth-order valence-electron chi connectivity index (χ4n) is 14.7. The molecule has 2 heterocycles. The predicted octanol–water partition coefficient (Wildman–Crippen LogP) is 20.7. The standard InChI is InChI=1S/C80H67N3Si/c1-79(2)71-50-56(36-42-67(71)69-44-40-65(54-73(69)79)81(60-22-10-5-11-23-60)61-24-12-6-13-25-61)32-34-58-38-46-77-75(52-58)83(64-30-18-9-19-31-64)76-53-59(39-47-78(76)84(77)48-20-21-49-84)35-33-57-37-43-68-70-45-41-66(55-74(70)80(3,4)72(68)51-57)82(62-26-14-7-15-27-62)63-28-16-8-17-29-63/h5-19,22-47,50-55H,20-21,48-49H2,1-4H3/b34-32+,35-33+. The summed E-state index contributed by atoms with van der Waals surface area (Å²) in [5.74, 6) is 0. The summed E-state index contributed by atoms with van der Waals surface area (Å²) in [6, 6.07) is 99.6. The molecule has 1 fully saturated rings. The molecule has 11 aromatic rings. The minimum Gasteiger partial charge on any atom is -0.311 e. The normalized spacial score (nSPS) is 15.4. The van der Waals surface area contributed by atoms with E-state index in [0.717, 1.165) is 22.7 Å². The van der Waals surface area contributed by atoms with Crippen molar-refractivity contribution in [2.45, 2.75) is 63.5 Å². The van der Waals surface area contributed by atoms with Gasteiger partial charge >= 0.3 is 0 Å². The van der Waals surface area contributed by atoms with Crippen molar-refractivity contribution in [3.63, 3.8) is 0 Å². The molecule has 4 aliphatic rings. The summed E-state index contributed by atoms with van der Waals surface area (Å²) in [5, 5.41) is 3.15. The lowest BCUT2D eigenvalue weighted by atomic mass is 9.81. The molecule has 2 aliphatic carbocycles. The molecule has 11 aromatic carbocycles. The predicted molar refractivity (Wildman–Crippen MR) is 360 cm³/mol. The molecule has 0 saturated carbocycles. The molecular formula is C80H67N3Si. The van der Waals surface area contributed by atoms with Gasteiger partial charge in [0.1, 0.15) is 8.07 Å². The molecule has 1 saturated heterocycles. The molecule has 3 nitrogen and oxygen atoms in total. The van der Waals surface area contributed by atoms with Crippen LogP contribution in [-0.4, -0.2) is 8.07 Å². The number of rotatable bonds is 11. The van der Waals surface area contributed by atoms with Crippen LogP contribution in [0.3, 0.4) is 0 Å². The number of anilines is 9. The first-order chi connectivity index (χ1) is 41.1. The second-order valence-corrected chi connectivity index (χ2v) is 28.8. The van der Waals surface area contributed by atoms with E-state index < -0.39 is 8.07 Å². The molecule has 406 valence electrons. The Kier molecular flexibility index (Phi) is 12.5. The third kappa shape index (κ3) is 8.61. The number of hydrogen-bond acceptors (Lipinski definition) is 3. The van der Waals surface area contributed by atoms with Crippen LogP contribution in [-0.2, 0) is 10.8 Å². The number of hydrogen-bond donors (Lipinski definition) is 0. The zero-order valence-electron chi connectivity index (χ0n) is 48.3. The lowest BCUT2D eigenvalue weighted by molar-refractivity contribution is 0.660. The Morgan fingerprint density at radius 2 is 0.631 bits per heavy atom. The molecule has 0 bridgehead atoms. The monoisotopic (exact) mass is 1100 g/mol. The number of benzene rings is 11. The molecule has 0 amide bonds. The molecule has 84 heavy (non-hydrogen) atoms. The van der Waals surface area contributed by atoms with Crippen LogP contribution in [0.25, 0.3) is 46.6 Å². The highest BCUT2D eigenvalue weighted by atomic mass is 28.3. The van der Waals surface area contributed by atoms with Gasteiger partial charge in [-0.25, -0.2) is 0 Å². The van der Waals surface area contributed by atoms with Gasteiger partial charge in [0.15, 0.2) is 0 Å². The summed E-state index contributed by atoms with van der Waals surface area (Å²) < 4.78 is 0. The third-order valence-corrected chi connectivity index (χ3v) is 24.2. The number of fused-ring (bicyclic) bond motifs is 10. The van der Waals surface area contributed by atoms with E-state index in [-0.39, 0.29) is 10.8 Å². The van der Waals surface area contributed by atoms with Gasteiger partial charge in [-0.3, -0.25) is 0 Å². The first-order valence-corrected chi connectivity index (χ1v) is 32.4. The maximum absolute atomic E-state index is 2.58. The van der Waals surface area contributed by atoms with Crippen molar-refractivity contribution in [3.05, 3.63) is 305 Å². The Hall–Kier alpha value is -9.48. The molecule has 0 N–H and O–H groups in total. The van der Waals surface area contributed by atoms with Crippen LogP contribution in [0.2, 0.25) is 12.1 Å². The van der Waals surface area contributed by atoms with Gasteiger partial charge in [-0.2, -0.15) is 0 Å². The summed E-state index contributed by atoms with van der Waals surface area (Å²) in [5.41, 5.74) is 26.0. The lowest BCUT2D eigenvalue weighted by Crippen LogP contribution is -2.61. The van der Waals surface area contributed by atoms with Gasteiger partial charge in [0, 0.05) is 62.0 Å². The van der Waals surface area contributed by atoms with Crippen molar-refractivity contribution in [1.29, 1.82) is 0 Å². The Bertz CT molecular complexity index is 4030.